The van der Waals surface area contributed by atoms with Crippen LogP contribution in [0.25, 0.3) is 5.82 Å². The third-order valence-electron chi connectivity index (χ3n) is 2.54. The zero-order valence-electron chi connectivity index (χ0n) is 10.3. The molecule has 2 aromatic rings. The number of methoxy groups -OCH3 is 1. The molecule has 0 aromatic carbocycles. The number of aryl methyl sites for hydroxylation is 1. The number of rotatable bonds is 3. The first kappa shape index (κ1) is 12.7. The maximum atomic E-state index is 11.6. The number of aromatic carboxylic acids is 1. The number of carbonyl (C=O) groups excluding carboxylic acids is 1. The van der Waals surface area contributed by atoms with E-state index in [9.17, 15) is 9.59 Å². The van der Waals surface area contributed by atoms with Crippen LogP contribution in [0.1, 0.15) is 26.4 Å². The Balaban J connectivity index is 2.56. The van der Waals surface area contributed by atoms with E-state index in [1.54, 1.807) is 13.0 Å². The minimum atomic E-state index is -1.08. The summed E-state index contributed by atoms with van der Waals surface area (Å²) in [7, 11) is 1.26. The molecule has 0 radical (unpaired) electrons. The average Bonchev–Trinajstić information content (AvgIpc) is 2.80. The maximum Gasteiger partial charge on any atom is 0.341 e. The summed E-state index contributed by atoms with van der Waals surface area (Å²) in [6, 6.07) is 3.12. The highest BCUT2D eigenvalue weighted by atomic mass is 16.5. The Labute approximate surface area is 108 Å². The normalized spacial score (nSPS) is 10.2. The monoisotopic (exact) mass is 261 g/mol. The van der Waals surface area contributed by atoms with Crippen LogP contribution >= 0.6 is 0 Å². The lowest BCUT2D eigenvalue weighted by atomic mass is 10.2. The molecule has 0 spiro atoms. The van der Waals surface area contributed by atoms with Gasteiger partial charge in [-0.15, -0.1) is 0 Å². The molecule has 0 atom stereocenters. The van der Waals surface area contributed by atoms with E-state index in [0.717, 1.165) is 0 Å². The molecule has 2 heterocycles. The van der Waals surface area contributed by atoms with Crippen LogP contribution in [0.3, 0.4) is 0 Å². The molecular weight excluding hydrogens is 250 g/mol. The standard InChI is InChI=1S/C12H11N3O4/c1-7-9(11(16)17)6-15(14-7)10-8(12(18)19-2)4-3-5-13-10/h3-6H,1-2H3,(H,16,17). The lowest BCUT2D eigenvalue weighted by molar-refractivity contribution is 0.0599. The van der Waals surface area contributed by atoms with Gasteiger partial charge in [0.25, 0.3) is 0 Å². The molecule has 19 heavy (non-hydrogen) atoms. The molecule has 7 heteroatoms. The topological polar surface area (TPSA) is 94.3 Å². The molecule has 0 saturated carbocycles. The van der Waals surface area contributed by atoms with Crippen LogP contribution in [-0.4, -0.2) is 38.9 Å². The Hall–Kier alpha value is -2.70. The van der Waals surface area contributed by atoms with Gasteiger partial charge in [0.05, 0.1) is 12.8 Å². The lowest BCUT2D eigenvalue weighted by Crippen LogP contribution is -2.10. The summed E-state index contributed by atoms with van der Waals surface area (Å²) in [5.74, 6) is -1.42. The van der Waals surface area contributed by atoms with E-state index in [4.69, 9.17) is 5.11 Å². The van der Waals surface area contributed by atoms with Crippen molar-refractivity contribution < 1.29 is 19.4 Å². The third kappa shape index (κ3) is 2.30. The number of hydrogen-bond acceptors (Lipinski definition) is 5. The number of carboxylic acid groups (broad SMARTS) is 1. The fourth-order valence-corrected chi connectivity index (χ4v) is 1.63. The van der Waals surface area contributed by atoms with Gasteiger partial charge in [0, 0.05) is 12.4 Å². The van der Waals surface area contributed by atoms with Gasteiger partial charge >= 0.3 is 11.9 Å². The number of hydrogen-bond donors (Lipinski definition) is 1. The van der Waals surface area contributed by atoms with E-state index < -0.39 is 11.9 Å². The molecular formula is C12H11N3O4. The molecule has 2 rings (SSSR count). The summed E-state index contributed by atoms with van der Waals surface area (Å²) in [5.41, 5.74) is 0.611. The maximum absolute atomic E-state index is 11.6. The second-order valence-electron chi connectivity index (χ2n) is 3.74. The Bertz CT molecular complexity index is 648. The minimum Gasteiger partial charge on any atom is -0.478 e. The van der Waals surface area contributed by atoms with E-state index >= 15 is 0 Å². The van der Waals surface area contributed by atoms with Gasteiger partial charge in [-0.3, -0.25) is 0 Å². The lowest BCUT2D eigenvalue weighted by Gasteiger charge is -2.05. The Kier molecular flexibility index (Phi) is 3.28. The number of pyridine rings is 1. The van der Waals surface area contributed by atoms with Crippen LogP contribution < -0.4 is 0 Å². The Morgan fingerprint density at radius 3 is 2.68 bits per heavy atom. The van der Waals surface area contributed by atoms with Gasteiger partial charge in [0.15, 0.2) is 5.82 Å². The first-order chi connectivity index (χ1) is 9.04. The summed E-state index contributed by atoms with van der Waals surface area (Å²) in [4.78, 5) is 26.6. The molecule has 7 nitrogen and oxygen atoms in total. The predicted molar refractivity (Wildman–Crippen MR) is 64.4 cm³/mol. The number of esters is 1. The third-order valence-corrected chi connectivity index (χ3v) is 2.54. The summed E-state index contributed by atoms with van der Waals surface area (Å²) in [5, 5.41) is 13.0. The molecule has 1 N–H and O–H groups in total. The average molecular weight is 261 g/mol. The van der Waals surface area contributed by atoms with Crippen molar-refractivity contribution in [2.24, 2.45) is 0 Å². The van der Waals surface area contributed by atoms with E-state index in [2.05, 4.69) is 14.8 Å². The highest BCUT2D eigenvalue weighted by molar-refractivity contribution is 5.93. The van der Waals surface area contributed by atoms with Gasteiger partial charge in [-0.05, 0) is 19.1 Å². The molecule has 2 aromatic heterocycles. The molecule has 0 fully saturated rings. The number of aromatic nitrogens is 3. The van der Waals surface area contributed by atoms with Crippen LogP contribution in [0.15, 0.2) is 24.5 Å². The summed E-state index contributed by atoms with van der Waals surface area (Å²) in [6.45, 7) is 1.57. The summed E-state index contributed by atoms with van der Waals surface area (Å²) in [6.07, 6.45) is 2.80. The highest BCUT2D eigenvalue weighted by Gasteiger charge is 2.18. The fraction of sp³-hybridized carbons (Fsp3) is 0.167. The number of ether oxygens (including phenoxy) is 1. The fourth-order valence-electron chi connectivity index (χ4n) is 1.63. The quantitative estimate of drug-likeness (QED) is 0.830. The SMILES string of the molecule is COC(=O)c1cccnc1-n1cc(C(=O)O)c(C)n1. The van der Waals surface area contributed by atoms with Crippen LogP contribution in [0, 0.1) is 6.92 Å². The molecule has 0 aliphatic heterocycles. The van der Waals surface area contributed by atoms with Gasteiger partial charge in [0.2, 0.25) is 0 Å². The van der Waals surface area contributed by atoms with Crippen LogP contribution in [0.4, 0.5) is 0 Å². The molecule has 0 unspecified atom stereocenters. The molecule has 0 bridgehead atoms. The van der Waals surface area contributed by atoms with Crippen molar-refractivity contribution in [1.82, 2.24) is 14.8 Å². The van der Waals surface area contributed by atoms with E-state index in [1.807, 2.05) is 0 Å². The first-order valence-corrected chi connectivity index (χ1v) is 5.38. The number of carboxylic acids is 1. The van der Waals surface area contributed by atoms with Crippen LogP contribution in [-0.2, 0) is 4.74 Å². The van der Waals surface area contributed by atoms with Crippen LogP contribution in [0.5, 0.6) is 0 Å². The molecule has 0 amide bonds. The van der Waals surface area contributed by atoms with Crippen molar-refractivity contribution in [2.45, 2.75) is 6.92 Å². The second kappa shape index (κ2) is 4.89. The van der Waals surface area contributed by atoms with Gasteiger partial charge in [-0.1, -0.05) is 0 Å². The van der Waals surface area contributed by atoms with Crippen LogP contribution in [0.2, 0.25) is 0 Å². The summed E-state index contributed by atoms with van der Waals surface area (Å²) < 4.78 is 5.90. The molecule has 0 aliphatic carbocycles. The zero-order chi connectivity index (χ0) is 14.0. The second-order valence-corrected chi connectivity index (χ2v) is 3.74. The first-order valence-electron chi connectivity index (χ1n) is 5.38. The predicted octanol–water partition coefficient (Wildman–Crippen LogP) is 1.06. The zero-order valence-corrected chi connectivity index (χ0v) is 10.3. The number of carbonyl (C=O) groups is 2. The highest BCUT2D eigenvalue weighted by Crippen LogP contribution is 2.15. The molecule has 98 valence electrons. The molecule has 0 saturated heterocycles. The minimum absolute atomic E-state index is 0.0569. The van der Waals surface area contributed by atoms with Crippen molar-refractivity contribution in [1.29, 1.82) is 0 Å². The smallest absolute Gasteiger partial charge is 0.341 e. The van der Waals surface area contributed by atoms with Gasteiger partial charge in [-0.2, -0.15) is 5.10 Å². The van der Waals surface area contributed by atoms with Crippen molar-refractivity contribution in [3.8, 4) is 5.82 Å². The van der Waals surface area contributed by atoms with Crippen molar-refractivity contribution >= 4 is 11.9 Å². The molecule has 0 aliphatic rings. The summed E-state index contributed by atoms with van der Waals surface area (Å²) >= 11 is 0. The number of nitrogens with zero attached hydrogens (tertiary/aromatic N) is 3. The van der Waals surface area contributed by atoms with E-state index in [1.165, 1.54) is 30.3 Å². The van der Waals surface area contributed by atoms with Crippen molar-refractivity contribution in [3.63, 3.8) is 0 Å². The Morgan fingerprint density at radius 2 is 2.11 bits per heavy atom. The van der Waals surface area contributed by atoms with Gasteiger partial charge in [-0.25, -0.2) is 19.3 Å². The van der Waals surface area contributed by atoms with Crippen molar-refractivity contribution in [3.05, 3.63) is 41.3 Å². The van der Waals surface area contributed by atoms with Gasteiger partial charge in [0.1, 0.15) is 11.1 Å². The van der Waals surface area contributed by atoms with Gasteiger partial charge < -0.3 is 9.84 Å². The largest absolute Gasteiger partial charge is 0.478 e. The van der Waals surface area contributed by atoms with E-state index in [0.29, 0.717) is 5.69 Å². The van der Waals surface area contributed by atoms with Crippen molar-refractivity contribution in [2.75, 3.05) is 7.11 Å². The van der Waals surface area contributed by atoms with E-state index in [-0.39, 0.29) is 16.9 Å². The Morgan fingerprint density at radius 1 is 1.37 bits per heavy atom.